The van der Waals surface area contributed by atoms with Crippen LogP contribution >= 0.6 is 11.6 Å². The SMILES string of the molecule is CNCc1ccc(S(=O)(=O)Nc2ccc(F)c(Cl)c2)nc1. The Balaban J connectivity index is 2.23. The Morgan fingerprint density at radius 1 is 1.29 bits per heavy atom. The van der Waals surface area contributed by atoms with E-state index in [1.54, 1.807) is 13.1 Å². The molecule has 2 N–H and O–H groups in total. The van der Waals surface area contributed by atoms with E-state index >= 15 is 0 Å². The van der Waals surface area contributed by atoms with Gasteiger partial charge in [0.2, 0.25) is 0 Å². The zero-order valence-electron chi connectivity index (χ0n) is 11.1. The lowest BCUT2D eigenvalue weighted by Gasteiger charge is -2.08. The summed E-state index contributed by atoms with van der Waals surface area (Å²) in [5, 5.41) is 2.66. The van der Waals surface area contributed by atoms with Crippen molar-refractivity contribution < 1.29 is 12.8 Å². The van der Waals surface area contributed by atoms with Crippen molar-refractivity contribution in [2.45, 2.75) is 11.6 Å². The molecule has 2 rings (SSSR count). The van der Waals surface area contributed by atoms with E-state index in [-0.39, 0.29) is 15.7 Å². The quantitative estimate of drug-likeness (QED) is 0.883. The van der Waals surface area contributed by atoms with Crippen molar-refractivity contribution in [3.63, 3.8) is 0 Å². The lowest BCUT2D eigenvalue weighted by molar-refractivity contribution is 0.597. The highest BCUT2D eigenvalue weighted by molar-refractivity contribution is 7.92. The van der Waals surface area contributed by atoms with Gasteiger partial charge in [-0.2, -0.15) is 8.42 Å². The normalized spacial score (nSPS) is 11.4. The summed E-state index contributed by atoms with van der Waals surface area (Å²) in [4.78, 5) is 3.91. The van der Waals surface area contributed by atoms with Gasteiger partial charge in [0.25, 0.3) is 10.0 Å². The number of benzene rings is 1. The standard InChI is InChI=1S/C13H13ClFN3O2S/c1-16-7-9-2-5-13(17-8-9)21(19,20)18-10-3-4-12(15)11(14)6-10/h2-6,8,16,18H,7H2,1H3. The zero-order chi connectivity index (χ0) is 15.5. The first-order valence-corrected chi connectivity index (χ1v) is 7.86. The van der Waals surface area contributed by atoms with E-state index in [2.05, 4.69) is 15.0 Å². The summed E-state index contributed by atoms with van der Waals surface area (Å²) in [6.07, 6.45) is 1.47. The van der Waals surface area contributed by atoms with Crippen LogP contribution in [0.4, 0.5) is 10.1 Å². The van der Waals surface area contributed by atoms with Crippen LogP contribution in [0, 0.1) is 5.82 Å². The molecule has 0 radical (unpaired) electrons. The van der Waals surface area contributed by atoms with Gasteiger partial charge in [-0.25, -0.2) is 9.37 Å². The number of hydrogen-bond donors (Lipinski definition) is 2. The first kappa shape index (κ1) is 15.7. The smallest absolute Gasteiger partial charge is 0.279 e. The van der Waals surface area contributed by atoms with Gasteiger partial charge in [0.1, 0.15) is 5.82 Å². The summed E-state index contributed by atoms with van der Waals surface area (Å²) in [7, 11) is -2.06. The summed E-state index contributed by atoms with van der Waals surface area (Å²) >= 11 is 5.61. The fourth-order valence-corrected chi connectivity index (χ4v) is 2.81. The molecule has 0 fully saturated rings. The van der Waals surface area contributed by atoms with E-state index in [9.17, 15) is 12.8 Å². The van der Waals surface area contributed by atoms with Crippen LogP contribution in [0.1, 0.15) is 5.56 Å². The van der Waals surface area contributed by atoms with E-state index in [0.717, 1.165) is 11.6 Å². The predicted molar refractivity (Wildman–Crippen MR) is 79.2 cm³/mol. The Hall–Kier alpha value is -1.70. The first-order valence-electron chi connectivity index (χ1n) is 6.00. The van der Waals surface area contributed by atoms with E-state index in [0.29, 0.717) is 6.54 Å². The van der Waals surface area contributed by atoms with Crippen LogP contribution < -0.4 is 10.0 Å². The van der Waals surface area contributed by atoms with Gasteiger partial charge in [-0.3, -0.25) is 4.72 Å². The number of nitrogens with one attached hydrogen (secondary N) is 2. The average Bonchev–Trinajstić information content (AvgIpc) is 2.44. The third-order valence-corrected chi connectivity index (χ3v) is 4.21. The third kappa shape index (κ3) is 3.90. The lowest BCUT2D eigenvalue weighted by atomic mass is 10.3. The second kappa shape index (κ2) is 6.38. The molecule has 2 aromatic rings. The number of pyridine rings is 1. The minimum atomic E-state index is -3.84. The number of sulfonamides is 1. The number of nitrogens with zero attached hydrogens (tertiary/aromatic N) is 1. The maximum absolute atomic E-state index is 13.0. The molecule has 0 aliphatic rings. The molecule has 0 unspecified atom stereocenters. The van der Waals surface area contributed by atoms with E-state index in [1.165, 1.54) is 24.4 Å². The molecule has 112 valence electrons. The van der Waals surface area contributed by atoms with Gasteiger partial charge in [-0.1, -0.05) is 17.7 Å². The molecule has 1 aromatic carbocycles. The van der Waals surface area contributed by atoms with Gasteiger partial charge in [-0.05, 0) is 36.9 Å². The summed E-state index contributed by atoms with van der Waals surface area (Å²) in [6.45, 7) is 0.592. The van der Waals surface area contributed by atoms with Crippen molar-refractivity contribution in [2.75, 3.05) is 11.8 Å². The molecule has 0 amide bonds. The molecule has 0 spiro atoms. The number of hydrogen-bond acceptors (Lipinski definition) is 4. The molecule has 1 heterocycles. The van der Waals surface area contributed by atoms with Gasteiger partial charge in [-0.15, -0.1) is 0 Å². The fourth-order valence-electron chi connectivity index (χ4n) is 1.65. The Bertz CT molecular complexity index is 736. The highest BCUT2D eigenvalue weighted by Crippen LogP contribution is 2.21. The van der Waals surface area contributed by atoms with Crippen molar-refractivity contribution in [3.8, 4) is 0 Å². The molecule has 0 saturated carbocycles. The van der Waals surface area contributed by atoms with Crippen molar-refractivity contribution >= 4 is 27.3 Å². The summed E-state index contributed by atoms with van der Waals surface area (Å²) < 4.78 is 39.6. The highest BCUT2D eigenvalue weighted by atomic mass is 35.5. The summed E-state index contributed by atoms with van der Waals surface area (Å²) in [5.41, 5.74) is 1.03. The topological polar surface area (TPSA) is 71.1 Å². The van der Waals surface area contributed by atoms with E-state index in [4.69, 9.17) is 11.6 Å². The second-order valence-corrected chi connectivity index (χ2v) is 6.31. The molecule has 0 aliphatic heterocycles. The molecule has 0 atom stereocenters. The van der Waals surface area contributed by atoms with Crippen LogP contribution in [-0.2, 0) is 16.6 Å². The molecule has 8 heteroatoms. The second-order valence-electron chi connectivity index (χ2n) is 4.27. The van der Waals surface area contributed by atoms with Crippen LogP contribution in [0.5, 0.6) is 0 Å². The van der Waals surface area contributed by atoms with Crippen LogP contribution in [0.3, 0.4) is 0 Å². The van der Waals surface area contributed by atoms with E-state index < -0.39 is 15.8 Å². The maximum atomic E-state index is 13.0. The van der Waals surface area contributed by atoms with Crippen molar-refractivity contribution in [3.05, 3.63) is 52.9 Å². The van der Waals surface area contributed by atoms with Crippen molar-refractivity contribution in [2.24, 2.45) is 0 Å². The number of rotatable bonds is 5. The average molecular weight is 330 g/mol. The maximum Gasteiger partial charge on any atom is 0.279 e. The predicted octanol–water partition coefficient (Wildman–Crippen LogP) is 2.39. The minimum Gasteiger partial charge on any atom is -0.316 e. The summed E-state index contributed by atoms with van der Waals surface area (Å²) in [5.74, 6) is -0.617. The molecule has 0 aliphatic carbocycles. The Morgan fingerprint density at radius 2 is 2.05 bits per heavy atom. The largest absolute Gasteiger partial charge is 0.316 e. The molecule has 0 saturated heterocycles. The molecule has 21 heavy (non-hydrogen) atoms. The monoisotopic (exact) mass is 329 g/mol. The van der Waals surface area contributed by atoms with E-state index in [1.807, 2.05) is 0 Å². The number of halogens is 2. The van der Waals surface area contributed by atoms with Crippen LogP contribution in [0.15, 0.2) is 41.6 Å². The molecule has 5 nitrogen and oxygen atoms in total. The molecular weight excluding hydrogens is 317 g/mol. The van der Waals surface area contributed by atoms with Crippen LogP contribution in [0.25, 0.3) is 0 Å². The number of aromatic nitrogens is 1. The van der Waals surface area contributed by atoms with Crippen molar-refractivity contribution in [1.29, 1.82) is 0 Å². The highest BCUT2D eigenvalue weighted by Gasteiger charge is 2.16. The Kier molecular flexibility index (Phi) is 4.76. The van der Waals surface area contributed by atoms with Gasteiger partial charge < -0.3 is 5.32 Å². The molecule has 1 aromatic heterocycles. The van der Waals surface area contributed by atoms with Gasteiger partial charge in [0.15, 0.2) is 5.03 Å². The summed E-state index contributed by atoms with van der Waals surface area (Å²) in [6, 6.07) is 6.64. The molecule has 0 bridgehead atoms. The zero-order valence-corrected chi connectivity index (χ0v) is 12.7. The first-order chi connectivity index (χ1) is 9.92. The van der Waals surface area contributed by atoms with Gasteiger partial charge in [0.05, 0.1) is 10.7 Å². The number of anilines is 1. The van der Waals surface area contributed by atoms with Crippen molar-refractivity contribution in [1.82, 2.24) is 10.3 Å². The Labute approximate surface area is 127 Å². The Morgan fingerprint density at radius 3 is 2.62 bits per heavy atom. The van der Waals surface area contributed by atoms with Crippen LogP contribution in [0.2, 0.25) is 5.02 Å². The lowest BCUT2D eigenvalue weighted by Crippen LogP contribution is -2.15. The third-order valence-electron chi connectivity index (χ3n) is 2.63. The van der Waals surface area contributed by atoms with Crippen LogP contribution in [-0.4, -0.2) is 20.4 Å². The van der Waals surface area contributed by atoms with Gasteiger partial charge in [0, 0.05) is 12.7 Å². The van der Waals surface area contributed by atoms with Gasteiger partial charge >= 0.3 is 0 Å². The minimum absolute atomic E-state index is 0.122. The molecular formula is C13H13ClFN3O2S. The fraction of sp³-hybridized carbons (Fsp3) is 0.154.